The van der Waals surface area contributed by atoms with Crippen LogP contribution in [0.3, 0.4) is 0 Å². The number of ether oxygens (including phenoxy) is 1. The lowest BCUT2D eigenvalue weighted by Crippen LogP contribution is -2.24. The molecule has 0 aliphatic carbocycles. The van der Waals surface area contributed by atoms with Crippen LogP contribution in [0.4, 0.5) is 22.9 Å². The molecule has 11 nitrogen and oxygen atoms in total. The van der Waals surface area contributed by atoms with Gasteiger partial charge in [-0.15, -0.1) is 0 Å². The summed E-state index contributed by atoms with van der Waals surface area (Å²) >= 11 is 0. The molecule has 0 bridgehead atoms. The average Bonchev–Trinajstić information content (AvgIpc) is 3.37. The number of hydrogen-bond acceptors (Lipinski definition) is 9. The molecular formula is C25H28N8O3. The Hall–Kier alpha value is -4.48. The Morgan fingerprint density at radius 1 is 1.25 bits per heavy atom. The topological polar surface area (TPSA) is 154 Å². The second kappa shape index (κ2) is 11.3. The Morgan fingerprint density at radius 3 is 2.78 bits per heavy atom. The van der Waals surface area contributed by atoms with Gasteiger partial charge in [0, 0.05) is 66.6 Å². The van der Waals surface area contributed by atoms with Crippen LogP contribution >= 0.6 is 0 Å². The van der Waals surface area contributed by atoms with Crippen LogP contribution in [0.1, 0.15) is 12.0 Å². The minimum absolute atomic E-state index is 0.113. The number of nitrogens with zero attached hydrogens (tertiary/aromatic N) is 4. The van der Waals surface area contributed by atoms with Crippen molar-refractivity contribution in [2.45, 2.75) is 6.42 Å². The molecule has 36 heavy (non-hydrogen) atoms. The average molecular weight is 489 g/mol. The first kappa shape index (κ1) is 24.6. The zero-order chi connectivity index (χ0) is 25.5. The van der Waals surface area contributed by atoms with E-state index in [1.165, 1.54) is 6.21 Å². The fourth-order valence-electron chi connectivity index (χ4n) is 3.61. The quantitative estimate of drug-likeness (QED) is 0.0710. The molecule has 186 valence electrons. The second-order valence-corrected chi connectivity index (χ2v) is 8.11. The van der Waals surface area contributed by atoms with E-state index in [4.69, 9.17) is 26.1 Å². The van der Waals surface area contributed by atoms with E-state index in [1.54, 1.807) is 17.7 Å². The van der Waals surface area contributed by atoms with Gasteiger partial charge in [-0.25, -0.2) is 15.4 Å². The number of nitrogen functional groups attached to an aromatic ring is 1. The summed E-state index contributed by atoms with van der Waals surface area (Å²) in [6, 6.07) is 13.4. The Balaban J connectivity index is 1.45. The smallest absolute Gasteiger partial charge is 0.245 e. The zero-order valence-corrected chi connectivity index (χ0v) is 19.8. The van der Waals surface area contributed by atoms with Crippen LogP contribution < -0.4 is 21.4 Å². The summed E-state index contributed by atoms with van der Waals surface area (Å²) in [5.41, 5.74) is 12.9. The van der Waals surface area contributed by atoms with Crippen LogP contribution in [0.2, 0.25) is 0 Å². The molecule has 1 amide bonds. The Labute approximate surface area is 208 Å². The molecule has 11 heteroatoms. The number of carbonyl (C=O) groups excluding carboxylic acids is 1. The highest BCUT2D eigenvalue weighted by Crippen LogP contribution is 2.27. The van der Waals surface area contributed by atoms with Crippen molar-refractivity contribution < 1.29 is 14.7 Å². The Kier molecular flexibility index (Phi) is 7.73. The van der Waals surface area contributed by atoms with Crippen molar-refractivity contribution in [3.63, 3.8) is 0 Å². The van der Waals surface area contributed by atoms with Crippen LogP contribution in [0.25, 0.3) is 16.9 Å². The highest BCUT2D eigenvalue weighted by atomic mass is 16.5. The van der Waals surface area contributed by atoms with Crippen LogP contribution in [0.5, 0.6) is 0 Å². The molecule has 6 N–H and O–H groups in total. The van der Waals surface area contributed by atoms with Crippen molar-refractivity contribution in [2.75, 3.05) is 42.8 Å². The van der Waals surface area contributed by atoms with Crippen molar-refractivity contribution in [3.8, 4) is 11.3 Å². The monoisotopic (exact) mass is 488 g/mol. The molecule has 0 aliphatic heterocycles. The van der Waals surface area contributed by atoms with Crippen LogP contribution in [-0.2, 0) is 9.53 Å². The summed E-state index contributed by atoms with van der Waals surface area (Å²) in [5, 5.41) is 19.3. The normalized spacial score (nSPS) is 10.8. The van der Waals surface area contributed by atoms with Crippen molar-refractivity contribution in [1.29, 1.82) is 5.41 Å². The summed E-state index contributed by atoms with van der Waals surface area (Å²) in [6.07, 6.45) is 6.81. The second-order valence-electron chi connectivity index (χ2n) is 8.11. The molecule has 4 rings (SSSR count). The minimum Gasteiger partial charge on any atom is -0.398 e. The Morgan fingerprint density at radius 2 is 2.06 bits per heavy atom. The van der Waals surface area contributed by atoms with E-state index in [9.17, 15) is 4.79 Å². The van der Waals surface area contributed by atoms with Crippen LogP contribution in [0, 0.1) is 5.41 Å². The van der Waals surface area contributed by atoms with Gasteiger partial charge in [-0.3, -0.25) is 10.0 Å². The van der Waals surface area contributed by atoms with E-state index in [1.807, 2.05) is 65.1 Å². The number of rotatable bonds is 11. The van der Waals surface area contributed by atoms with E-state index in [0.29, 0.717) is 35.9 Å². The van der Waals surface area contributed by atoms with E-state index >= 15 is 0 Å². The lowest BCUT2D eigenvalue weighted by Gasteiger charge is -2.19. The number of nitrogens with two attached hydrogens (primary N) is 1. The number of likely N-dealkylation sites (N-methyl/N-ethyl adjacent to an activating group) is 1. The first-order valence-electron chi connectivity index (χ1n) is 11.3. The summed E-state index contributed by atoms with van der Waals surface area (Å²) in [5.74, 6) is 0.137. The third-order valence-electron chi connectivity index (χ3n) is 5.65. The SMILES string of the molecule is CN(CCOCCC(=O)NO)c1ccc(Nc2nc(-c3ccc(C=N)c(N)c3)cn3ccnc23)cc1. The molecular weight excluding hydrogens is 460 g/mol. The highest BCUT2D eigenvalue weighted by molar-refractivity contribution is 5.87. The first-order chi connectivity index (χ1) is 17.5. The van der Waals surface area contributed by atoms with E-state index in [-0.39, 0.29) is 13.0 Å². The zero-order valence-electron chi connectivity index (χ0n) is 19.8. The number of nitrogens with one attached hydrogen (secondary N) is 3. The van der Waals surface area contributed by atoms with Gasteiger partial charge in [0.15, 0.2) is 11.5 Å². The number of carbonyl (C=O) groups is 1. The summed E-state index contributed by atoms with van der Waals surface area (Å²) in [6.45, 7) is 1.34. The largest absolute Gasteiger partial charge is 0.398 e. The molecule has 0 aliphatic rings. The van der Waals surface area contributed by atoms with Gasteiger partial charge in [-0.2, -0.15) is 0 Å². The molecule has 0 saturated carbocycles. The predicted octanol–water partition coefficient (Wildman–Crippen LogP) is 3.07. The minimum atomic E-state index is -0.469. The highest BCUT2D eigenvalue weighted by Gasteiger charge is 2.11. The van der Waals surface area contributed by atoms with Gasteiger partial charge in [-0.1, -0.05) is 12.1 Å². The summed E-state index contributed by atoms with van der Waals surface area (Å²) in [4.78, 5) is 22.3. The fourth-order valence-corrected chi connectivity index (χ4v) is 3.61. The standard InChI is InChI=1S/C25H28N8O3/c1-32(11-13-36-12-8-23(34)31-35)20-6-4-19(5-7-20)29-24-25-28-9-10-33(25)16-22(30-24)17-2-3-18(15-26)21(27)14-17/h2-7,9-10,14-16,26,35H,8,11-13,27H2,1H3,(H,29,30)(H,31,34). The molecule has 2 heterocycles. The van der Waals surface area contributed by atoms with Crippen LogP contribution in [0.15, 0.2) is 61.1 Å². The van der Waals surface area contributed by atoms with Gasteiger partial charge >= 0.3 is 0 Å². The number of hydroxylamine groups is 1. The molecule has 0 unspecified atom stereocenters. The summed E-state index contributed by atoms with van der Waals surface area (Å²) in [7, 11) is 1.96. The molecule has 0 spiro atoms. The third kappa shape index (κ3) is 5.77. The van der Waals surface area contributed by atoms with Gasteiger partial charge in [0.25, 0.3) is 0 Å². The first-order valence-corrected chi connectivity index (χ1v) is 11.3. The number of amides is 1. The molecule has 0 saturated heterocycles. The van der Waals surface area contributed by atoms with E-state index < -0.39 is 5.91 Å². The maximum absolute atomic E-state index is 11.0. The number of aromatic nitrogens is 3. The molecule has 0 fully saturated rings. The molecule has 4 aromatic rings. The molecule has 0 radical (unpaired) electrons. The molecule has 2 aromatic heterocycles. The van der Waals surface area contributed by atoms with Crippen molar-refractivity contribution in [1.82, 2.24) is 19.8 Å². The van der Waals surface area contributed by atoms with Gasteiger partial charge in [0.1, 0.15) is 0 Å². The van der Waals surface area contributed by atoms with Gasteiger partial charge in [0.05, 0.1) is 25.3 Å². The lowest BCUT2D eigenvalue weighted by atomic mass is 10.1. The molecule has 2 aromatic carbocycles. The number of hydrogen-bond donors (Lipinski definition) is 5. The number of benzene rings is 2. The maximum atomic E-state index is 11.0. The van der Waals surface area contributed by atoms with Gasteiger partial charge in [0.2, 0.25) is 5.91 Å². The predicted molar refractivity (Wildman–Crippen MR) is 139 cm³/mol. The maximum Gasteiger partial charge on any atom is 0.245 e. The van der Waals surface area contributed by atoms with Crippen LogP contribution in [-0.4, -0.2) is 58.5 Å². The van der Waals surface area contributed by atoms with E-state index in [0.717, 1.165) is 22.6 Å². The lowest BCUT2D eigenvalue weighted by molar-refractivity contribution is -0.130. The van der Waals surface area contributed by atoms with Gasteiger partial charge in [-0.05, 0) is 30.3 Å². The van der Waals surface area contributed by atoms with Crippen molar-refractivity contribution in [3.05, 3.63) is 66.6 Å². The number of fused-ring (bicyclic) bond motifs is 1. The number of anilines is 4. The fraction of sp³-hybridized carbons (Fsp3) is 0.200. The summed E-state index contributed by atoms with van der Waals surface area (Å²) < 4.78 is 7.34. The molecule has 0 atom stereocenters. The Bertz CT molecular complexity index is 1350. The van der Waals surface area contributed by atoms with Crippen molar-refractivity contribution in [2.24, 2.45) is 0 Å². The number of imidazole rings is 1. The van der Waals surface area contributed by atoms with Gasteiger partial charge < -0.3 is 30.5 Å². The van der Waals surface area contributed by atoms with Crippen molar-refractivity contribution >= 4 is 40.6 Å². The van der Waals surface area contributed by atoms with E-state index in [2.05, 4.69) is 10.3 Å². The third-order valence-corrected chi connectivity index (χ3v) is 5.65.